The summed E-state index contributed by atoms with van der Waals surface area (Å²) in [4.78, 5) is 6.52. The molecule has 0 N–H and O–H groups in total. The lowest BCUT2D eigenvalue weighted by atomic mass is 10.1. The quantitative estimate of drug-likeness (QED) is 0.608. The van der Waals surface area contributed by atoms with Gasteiger partial charge in [0.25, 0.3) is 0 Å². The Morgan fingerprint density at radius 3 is 1.96 bits per heavy atom. The zero-order valence-corrected chi connectivity index (χ0v) is 15.3. The van der Waals surface area contributed by atoms with E-state index in [0.717, 1.165) is 31.1 Å². The van der Waals surface area contributed by atoms with E-state index in [2.05, 4.69) is 46.3 Å². The first kappa shape index (κ1) is 18.0. The fourth-order valence-electron chi connectivity index (χ4n) is 2.93. The molecule has 0 aliphatic heterocycles. The molecule has 0 radical (unpaired) electrons. The molecule has 0 aliphatic carbocycles. The van der Waals surface area contributed by atoms with Gasteiger partial charge in [0.1, 0.15) is 11.5 Å². The molecule has 0 spiro atoms. The van der Waals surface area contributed by atoms with Gasteiger partial charge in [-0.15, -0.1) is 0 Å². The molecule has 3 aromatic rings. The number of ether oxygens (including phenoxy) is 2. The molecule has 0 saturated carbocycles. The molecule has 0 atom stereocenters. The van der Waals surface area contributed by atoms with Gasteiger partial charge in [-0.2, -0.15) is 0 Å². The molecule has 0 fully saturated rings. The lowest BCUT2D eigenvalue weighted by molar-refractivity contribution is 0.247. The van der Waals surface area contributed by atoms with Crippen LogP contribution in [0.3, 0.4) is 0 Å². The fourth-order valence-corrected chi connectivity index (χ4v) is 2.93. The Balaban J connectivity index is 1.77. The van der Waals surface area contributed by atoms with Gasteiger partial charge in [0.05, 0.1) is 14.2 Å². The molecule has 2 aromatic carbocycles. The van der Waals surface area contributed by atoms with Crippen LogP contribution in [0.1, 0.15) is 16.7 Å². The number of methoxy groups -OCH3 is 2. The smallest absolute Gasteiger partial charge is 0.119 e. The molecule has 134 valence electrons. The van der Waals surface area contributed by atoms with Crippen LogP contribution >= 0.6 is 0 Å². The van der Waals surface area contributed by atoms with Crippen molar-refractivity contribution in [1.82, 2.24) is 9.88 Å². The lowest BCUT2D eigenvalue weighted by Gasteiger charge is -2.23. The highest BCUT2D eigenvalue weighted by Crippen LogP contribution is 2.19. The van der Waals surface area contributed by atoms with Crippen molar-refractivity contribution in [2.75, 3.05) is 14.2 Å². The summed E-state index contributed by atoms with van der Waals surface area (Å²) in [6, 6.07) is 20.6. The predicted molar refractivity (Wildman–Crippen MR) is 103 cm³/mol. The van der Waals surface area contributed by atoms with Gasteiger partial charge in [0.15, 0.2) is 0 Å². The van der Waals surface area contributed by atoms with E-state index in [1.165, 1.54) is 16.7 Å². The molecular weight excluding hydrogens is 324 g/mol. The highest BCUT2D eigenvalue weighted by Gasteiger charge is 2.09. The van der Waals surface area contributed by atoms with E-state index in [1.807, 2.05) is 36.7 Å². The number of nitrogens with zero attached hydrogens (tertiary/aromatic N) is 2. The van der Waals surface area contributed by atoms with Crippen LogP contribution < -0.4 is 9.47 Å². The Labute approximate surface area is 155 Å². The lowest BCUT2D eigenvalue weighted by Crippen LogP contribution is -2.22. The maximum absolute atomic E-state index is 5.36. The SMILES string of the molecule is COc1ccc(CN(Cc2ccncc2)Cc2cccc(OC)c2)cc1. The van der Waals surface area contributed by atoms with Crippen LogP contribution in [0.4, 0.5) is 0 Å². The van der Waals surface area contributed by atoms with Gasteiger partial charge in [-0.1, -0.05) is 24.3 Å². The summed E-state index contributed by atoms with van der Waals surface area (Å²) in [5, 5.41) is 0. The summed E-state index contributed by atoms with van der Waals surface area (Å²) in [7, 11) is 3.39. The number of hydrogen-bond acceptors (Lipinski definition) is 4. The largest absolute Gasteiger partial charge is 0.497 e. The van der Waals surface area contributed by atoms with Crippen molar-refractivity contribution in [2.45, 2.75) is 19.6 Å². The van der Waals surface area contributed by atoms with Crippen molar-refractivity contribution in [3.8, 4) is 11.5 Å². The second-order valence-electron chi connectivity index (χ2n) is 6.20. The van der Waals surface area contributed by atoms with Crippen molar-refractivity contribution < 1.29 is 9.47 Å². The monoisotopic (exact) mass is 348 g/mol. The highest BCUT2D eigenvalue weighted by atomic mass is 16.5. The first-order valence-corrected chi connectivity index (χ1v) is 8.64. The summed E-state index contributed by atoms with van der Waals surface area (Å²) in [6.07, 6.45) is 3.68. The maximum Gasteiger partial charge on any atom is 0.119 e. The summed E-state index contributed by atoms with van der Waals surface area (Å²) >= 11 is 0. The van der Waals surface area contributed by atoms with Crippen molar-refractivity contribution in [3.05, 3.63) is 89.7 Å². The second-order valence-corrected chi connectivity index (χ2v) is 6.20. The first-order chi connectivity index (χ1) is 12.8. The average Bonchev–Trinajstić information content (AvgIpc) is 2.69. The Hall–Kier alpha value is -2.85. The number of aromatic nitrogens is 1. The molecule has 3 rings (SSSR count). The van der Waals surface area contributed by atoms with Crippen LogP contribution in [0.2, 0.25) is 0 Å². The summed E-state index contributed by atoms with van der Waals surface area (Å²) < 4.78 is 10.6. The minimum atomic E-state index is 0.839. The second kappa shape index (κ2) is 9.02. The third-order valence-electron chi connectivity index (χ3n) is 4.26. The van der Waals surface area contributed by atoms with Crippen LogP contribution in [-0.2, 0) is 19.6 Å². The summed E-state index contributed by atoms with van der Waals surface area (Å²) in [5.74, 6) is 1.76. The van der Waals surface area contributed by atoms with Crippen molar-refractivity contribution in [3.63, 3.8) is 0 Å². The van der Waals surface area contributed by atoms with E-state index in [4.69, 9.17) is 9.47 Å². The van der Waals surface area contributed by atoms with E-state index < -0.39 is 0 Å². The van der Waals surface area contributed by atoms with Crippen LogP contribution in [0.15, 0.2) is 73.1 Å². The normalized spacial score (nSPS) is 10.7. The maximum atomic E-state index is 5.36. The minimum Gasteiger partial charge on any atom is -0.497 e. The standard InChI is InChI=1S/C22H24N2O2/c1-25-21-8-6-18(7-9-21)15-24(16-19-10-12-23-13-11-19)17-20-4-3-5-22(14-20)26-2/h3-14H,15-17H2,1-2H3. The van der Waals surface area contributed by atoms with E-state index in [-0.39, 0.29) is 0 Å². The van der Waals surface area contributed by atoms with Crippen LogP contribution in [0.5, 0.6) is 11.5 Å². The fraction of sp³-hybridized carbons (Fsp3) is 0.227. The molecule has 4 heteroatoms. The third kappa shape index (κ3) is 5.07. The Kier molecular flexibility index (Phi) is 6.23. The molecule has 0 bridgehead atoms. The molecular formula is C22H24N2O2. The molecule has 1 aromatic heterocycles. The topological polar surface area (TPSA) is 34.6 Å². The molecule has 4 nitrogen and oxygen atoms in total. The molecule has 0 saturated heterocycles. The van der Waals surface area contributed by atoms with Gasteiger partial charge >= 0.3 is 0 Å². The van der Waals surface area contributed by atoms with Gasteiger partial charge in [0.2, 0.25) is 0 Å². The number of rotatable bonds is 8. The molecule has 26 heavy (non-hydrogen) atoms. The zero-order valence-electron chi connectivity index (χ0n) is 15.3. The Morgan fingerprint density at radius 2 is 1.31 bits per heavy atom. The predicted octanol–water partition coefficient (Wildman–Crippen LogP) is 4.30. The third-order valence-corrected chi connectivity index (χ3v) is 4.26. The van der Waals surface area contributed by atoms with E-state index in [9.17, 15) is 0 Å². The first-order valence-electron chi connectivity index (χ1n) is 8.64. The molecule has 1 heterocycles. The summed E-state index contributed by atoms with van der Waals surface area (Å²) in [5.41, 5.74) is 3.73. The van der Waals surface area contributed by atoms with E-state index in [1.54, 1.807) is 14.2 Å². The van der Waals surface area contributed by atoms with Crippen molar-refractivity contribution >= 4 is 0 Å². The Morgan fingerprint density at radius 1 is 0.692 bits per heavy atom. The number of hydrogen-bond donors (Lipinski definition) is 0. The van der Waals surface area contributed by atoms with Gasteiger partial charge < -0.3 is 9.47 Å². The van der Waals surface area contributed by atoms with Gasteiger partial charge in [0, 0.05) is 32.0 Å². The molecule has 0 unspecified atom stereocenters. The van der Waals surface area contributed by atoms with Crippen LogP contribution in [-0.4, -0.2) is 24.1 Å². The van der Waals surface area contributed by atoms with Crippen LogP contribution in [0, 0.1) is 0 Å². The Bertz CT molecular complexity index is 804. The van der Waals surface area contributed by atoms with Gasteiger partial charge in [-0.05, 0) is 53.1 Å². The van der Waals surface area contributed by atoms with E-state index in [0.29, 0.717) is 0 Å². The van der Waals surface area contributed by atoms with E-state index >= 15 is 0 Å². The van der Waals surface area contributed by atoms with Gasteiger partial charge in [-0.25, -0.2) is 0 Å². The zero-order chi connectivity index (χ0) is 18.2. The molecule has 0 amide bonds. The van der Waals surface area contributed by atoms with Crippen molar-refractivity contribution in [2.24, 2.45) is 0 Å². The molecule has 0 aliphatic rings. The van der Waals surface area contributed by atoms with Crippen LogP contribution in [0.25, 0.3) is 0 Å². The number of pyridine rings is 1. The van der Waals surface area contributed by atoms with Gasteiger partial charge in [-0.3, -0.25) is 9.88 Å². The average molecular weight is 348 g/mol. The minimum absolute atomic E-state index is 0.839. The van der Waals surface area contributed by atoms with Crippen molar-refractivity contribution in [1.29, 1.82) is 0 Å². The summed E-state index contributed by atoms with van der Waals surface area (Å²) in [6.45, 7) is 2.54. The highest BCUT2D eigenvalue weighted by molar-refractivity contribution is 5.29. The number of benzene rings is 2.